The van der Waals surface area contributed by atoms with Crippen molar-refractivity contribution in [2.24, 2.45) is 0 Å². The summed E-state index contributed by atoms with van der Waals surface area (Å²) in [7, 11) is 5.11. The van der Waals surface area contributed by atoms with Crippen LogP contribution in [0.1, 0.15) is 13.8 Å². The first-order valence-electron chi connectivity index (χ1n) is 1.49. The van der Waals surface area contributed by atoms with E-state index in [2.05, 4.69) is 0 Å². The van der Waals surface area contributed by atoms with Crippen LogP contribution in [0.5, 0.6) is 0 Å². The van der Waals surface area contributed by atoms with Crippen LogP contribution in [0.15, 0.2) is 0 Å². The van der Waals surface area contributed by atoms with Crippen LogP contribution in [0.3, 0.4) is 0 Å². The molecule has 0 aliphatic carbocycles. The lowest BCUT2D eigenvalue weighted by molar-refractivity contribution is 1.08. The molecule has 0 fully saturated rings. The number of rotatable bonds is 0. The second-order valence-electron chi connectivity index (χ2n) is 1.24. The summed E-state index contributed by atoms with van der Waals surface area (Å²) in [5.41, 5.74) is 0. The SMILES string of the molecule is Cl.[B]C(C)C. The molecule has 0 spiro atoms. The molecule has 0 aromatic carbocycles. The van der Waals surface area contributed by atoms with Crippen LogP contribution in [0.4, 0.5) is 0 Å². The van der Waals surface area contributed by atoms with Crippen molar-refractivity contribution in [2.45, 2.75) is 19.7 Å². The standard InChI is InChI=1S/C3H7B.ClH/c1-3(2)4;/h3H,1-2H3;1H. The van der Waals surface area contributed by atoms with Crippen LogP contribution >= 0.6 is 12.4 Å². The molecule has 30 valence electrons. The van der Waals surface area contributed by atoms with Gasteiger partial charge in [0.2, 0.25) is 0 Å². The maximum absolute atomic E-state index is 5.11. The zero-order valence-electron chi connectivity index (χ0n) is 3.56. The van der Waals surface area contributed by atoms with E-state index in [9.17, 15) is 0 Å². The predicted molar refractivity (Wildman–Crippen MR) is 28.1 cm³/mol. The van der Waals surface area contributed by atoms with Crippen molar-refractivity contribution in [3.05, 3.63) is 0 Å². The molecule has 0 atom stereocenters. The predicted octanol–water partition coefficient (Wildman–Crippen LogP) is 1.41. The molecule has 0 N–H and O–H groups in total. The summed E-state index contributed by atoms with van der Waals surface area (Å²) >= 11 is 0. The normalized spacial score (nSPS) is 7.00. The van der Waals surface area contributed by atoms with Crippen molar-refractivity contribution in [2.75, 3.05) is 0 Å². The quantitative estimate of drug-likeness (QED) is 0.395. The van der Waals surface area contributed by atoms with E-state index in [0.717, 1.165) is 0 Å². The largest absolute Gasteiger partial charge is 0.147 e. The van der Waals surface area contributed by atoms with Crippen molar-refractivity contribution in [1.29, 1.82) is 0 Å². The summed E-state index contributed by atoms with van der Waals surface area (Å²) in [6.07, 6.45) is 0. The Labute approximate surface area is 40.8 Å². The monoisotopic (exact) mass is 90.0 g/mol. The van der Waals surface area contributed by atoms with Gasteiger partial charge in [-0.05, 0) is 0 Å². The first kappa shape index (κ1) is 9.02. The zero-order chi connectivity index (χ0) is 3.58. The Balaban J connectivity index is 0. The van der Waals surface area contributed by atoms with Crippen molar-refractivity contribution in [3.8, 4) is 0 Å². The maximum atomic E-state index is 5.11. The zero-order valence-corrected chi connectivity index (χ0v) is 4.38. The number of halogens is 1. The molecule has 0 aliphatic heterocycles. The second-order valence-corrected chi connectivity index (χ2v) is 1.24. The molecule has 0 saturated heterocycles. The lowest BCUT2D eigenvalue weighted by Gasteiger charge is -1.79. The van der Waals surface area contributed by atoms with E-state index in [4.69, 9.17) is 7.85 Å². The van der Waals surface area contributed by atoms with Gasteiger partial charge in [-0.15, -0.1) is 12.4 Å². The third-order valence-electron chi connectivity index (χ3n) is 0. The van der Waals surface area contributed by atoms with Crippen molar-refractivity contribution in [3.63, 3.8) is 0 Å². The average Bonchev–Trinajstić information content (AvgIpc) is 0.811. The minimum atomic E-state index is 0. The molecule has 0 unspecified atom stereocenters. The molecular formula is C3H8BCl. The van der Waals surface area contributed by atoms with E-state index < -0.39 is 0 Å². The molecule has 5 heavy (non-hydrogen) atoms. The Kier molecular flexibility index (Phi) is 7.86. The third kappa shape index (κ3) is 192. The topological polar surface area (TPSA) is 0 Å². The molecule has 0 rings (SSSR count). The fourth-order valence-electron chi connectivity index (χ4n) is 0. The van der Waals surface area contributed by atoms with Gasteiger partial charge in [-0.3, -0.25) is 0 Å². The Bertz CT molecular complexity index is 11.6. The molecule has 0 bridgehead atoms. The molecule has 0 saturated carbocycles. The average molecular weight is 90.4 g/mol. The first-order chi connectivity index (χ1) is 1.73. The van der Waals surface area contributed by atoms with Crippen LogP contribution in [-0.2, 0) is 0 Å². The van der Waals surface area contributed by atoms with E-state index in [-0.39, 0.29) is 12.4 Å². The van der Waals surface area contributed by atoms with Gasteiger partial charge in [-0.1, -0.05) is 19.7 Å². The van der Waals surface area contributed by atoms with Crippen LogP contribution in [0.2, 0.25) is 5.82 Å². The molecule has 0 aromatic rings. The molecule has 0 aromatic heterocycles. The fourth-order valence-corrected chi connectivity index (χ4v) is 0. The summed E-state index contributed by atoms with van der Waals surface area (Å²) in [5, 5.41) is 0. The lowest BCUT2D eigenvalue weighted by atomic mass is 9.93. The van der Waals surface area contributed by atoms with Gasteiger partial charge in [-0.2, -0.15) is 0 Å². The minimum absolute atomic E-state index is 0. The summed E-state index contributed by atoms with van der Waals surface area (Å²) in [6.45, 7) is 3.89. The van der Waals surface area contributed by atoms with Gasteiger partial charge in [-0.25, -0.2) is 0 Å². The van der Waals surface area contributed by atoms with E-state index >= 15 is 0 Å². The van der Waals surface area contributed by atoms with Gasteiger partial charge in [0.25, 0.3) is 0 Å². The van der Waals surface area contributed by atoms with E-state index in [1.165, 1.54) is 0 Å². The van der Waals surface area contributed by atoms with Gasteiger partial charge < -0.3 is 0 Å². The first-order valence-corrected chi connectivity index (χ1v) is 1.49. The minimum Gasteiger partial charge on any atom is -0.147 e. The molecule has 0 heterocycles. The van der Waals surface area contributed by atoms with E-state index in [1.807, 2.05) is 13.8 Å². The molecule has 0 aliphatic rings. The third-order valence-corrected chi connectivity index (χ3v) is 0. The van der Waals surface area contributed by atoms with Gasteiger partial charge in [0.15, 0.2) is 0 Å². The highest BCUT2D eigenvalue weighted by molar-refractivity contribution is 6.10. The second kappa shape index (κ2) is 4.35. The lowest BCUT2D eigenvalue weighted by Crippen LogP contribution is -1.67. The van der Waals surface area contributed by atoms with Crippen molar-refractivity contribution < 1.29 is 0 Å². The molecule has 0 amide bonds. The van der Waals surface area contributed by atoms with Crippen LogP contribution in [-0.4, -0.2) is 7.85 Å². The van der Waals surface area contributed by atoms with E-state index in [0.29, 0.717) is 5.82 Å². The fraction of sp³-hybridized carbons (Fsp3) is 1.00. The Hall–Kier alpha value is 0.355. The van der Waals surface area contributed by atoms with Crippen molar-refractivity contribution in [1.82, 2.24) is 0 Å². The molecule has 2 radical (unpaired) electrons. The van der Waals surface area contributed by atoms with Gasteiger partial charge in [0.05, 0.1) is 7.85 Å². The molecular weight excluding hydrogens is 82.3 g/mol. The number of hydrogen-bond donors (Lipinski definition) is 0. The highest BCUT2D eigenvalue weighted by Crippen LogP contribution is 1.84. The highest BCUT2D eigenvalue weighted by atomic mass is 35.5. The Morgan fingerprint density at radius 1 is 1.40 bits per heavy atom. The van der Waals surface area contributed by atoms with E-state index in [1.54, 1.807) is 0 Å². The maximum Gasteiger partial charge on any atom is 0.0692 e. The summed E-state index contributed by atoms with van der Waals surface area (Å²) in [4.78, 5) is 0. The van der Waals surface area contributed by atoms with Crippen molar-refractivity contribution >= 4 is 20.3 Å². The van der Waals surface area contributed by atoms with Crippen LogP contribution in [0.25, 0.3) is 0 Å². The molecule has 0 nitrogen and oxygen atoms in total. The smallest absolute Gasteiger partial charge is 0.0692 e. The summed E-state index contributed by atoms with van der Waals surface area (Å²) in [5.74, 6) is 0.333. The van der Waals surface area contributed by atoms with Gasteiger partial charge in [0, 0.05) is 0 Å². The Morgan fingerprint density at radius 2 is 1.40 bits per heavy atom. The van der Waals surface area contributed by atoms with Gasteiger partial charge in [0.1, 0.15) is 0 Å². The van der Waals surface area contributed by atoms with Crippen LogP contribution in [0, 0.1) is 0 Å². The summed E-state index contributed by atoms with van der Waals surface area (Å²) in [6, 6.07) is 0. The van der Waals surface area contributed by atoms with Gasteiger partial charge >= 0.3 is 0 Å². The highest BCUT2D eigenvalue weighted by Gasteiger charge is 1.68. The summed E-state index contributed by atoms with van der Waals surface area (Å²) < 4.78 is 0. The van der Waals surface area contributed by atoms with Crippen LogP contribution < -0.4 is 0 Å². The number of hydrogen-bond acceptors (Lipinski definition) is 0. The Morgan fingerprint density at radius 3 is 1.40 bits per heavy atom. The molecule has 2 heteroatoms.